The maximum Gasteiger partial charge on any atom is 0.407 e. The van der Waals surface area contributed by atoms with Crippen molar-refractivity contribution < 1.29 is 14.3 Å². The number of halogens is 1. The number of pyridine rings is 1. The minimum atomic E-state index is -0.555. The van der Waals surface area contributed by atoms with Crippen LogP contribution in [0.1, 0.15) is 21.6 Å². The van der Waals surface area contributed by atoms with Crippen LogP contribution < -0.4 is 10.6 Å². The Kier molecular flexibility index (Phi) is 5.94. The normalized spacial score (nSPS) is 10.0. The molecule has 6 nitrogen and oxygen atoms in total. The molecular formula is C16H16ClN3O3. The molecule has 2 N–H and O–H groups in total. The van der Waals surface area contributed by atoms with E-state index in [-0.39, 0.29) is 12.5 Å². The SMILES string of the molecule is COC(=O)NCc1cc(C(=O)NCc2ccccc2Cl)ccn1. The minimum Gasteiger partial charge on any atom is -0.453 e. The molecular weight excluding hydrogens is 318 g/mol. The molecule has 1 heterocycles. The number of benzene rings is 1. The maximum absolute atomic E-state index is 12.2. The second-order valence-corrected chi connectivity index (χ2v) is 5.06. The molecule has 0 spiro atoms. The summed E-state index contributed by atoms with van der Waals surface area (Å²) in [4.78, 5) is 27.3. The topological polar surface area (TPSA) is 80.3 Å². The molecule has 1 aromatic carbocycles. The van der Waals surface area contributed by atoms with E-state index in [1.54, 1.807) is 18.2 Å². The minimum absolute atomic E-state index is 0.179. The number of hydrogen-bond donors (Lipinski definition) is 2. The average molecular weight is 334 g/mol. The quantitative estimate of drug-likeness (QED) is 0.881. The Hall–Kier alpha value is -2.60. The van der Waals surface area contributed by atoms with Gasteiger partial charge in [0, 0.05) is 23.3 Å². The van der Waals surface area contributed by atoms with Crippen LogP contribution in [0.5, 0.6) is 0 Å². The highest BCUT2D eigenvalue weighted by atomic mass is 35.5. The first-order valence-corrected chi connectivity index (χ1v) is 7.26. The number of alkyl carbamates (subject to hydrolysis) is 1. The van der Waals surface area contributed by atoms with Crippen LogP contribution in [-0.4, -0.2) is 24.1 Å². The van der Waals surface area contributed by atoms with Crippen molar-refractivity contribution in [2.24, 2.45) is 0 Å². The fourth-order valence-corrected chi connectivity index (χ4v) is 2.07. The Labute approximate surface area is 138 Å². The van der Waals surface area contributed by atoms with Crippen LogP contribution in [0.3, 0.4) is 0 Å². The summed E-state index contributed by atoms with van der Waals surface area (Å²) in [5.74, 6) is -0.244. The van der Waals surface area contributed by atoms with Crippen molar-refractivity contribution in [2.45, 2.75) is 13.1 Å². The molecule has 2 rings (SSSR count). The van der Waals surface area contributed by atoms with Crippen LogP contribution in [0.25, 0.3) is 0 Å². The number of nitrogens with one attached hydrogen (secondary N) is 2. The van der Waals surface area contributed by atoms with Gasteiger partial charge in [-0.1, -0.05) is 29.8 Å². The number of nitrogens with zero attached hydrogens (tertiary/aromatic N) is 1. The number of carbonyl (C=O) groups excluding carboxylic acids is 2. The Morgan fingerprint density at radius 2 is 1.96 bits per heavy atom. The number of ether oxygens (including phenoxy) is 1. The Morgan fingerprint density at radius 3 is 2.70 bits per heavy atom. The summed E-state index contributed by atoms with van der Waals surface area (Å²) in [5.41, 5.74) is 1.85. The van der Waals surface area contributed by atoms with E-state index in [9.17, 15) is 9.59 Å². The Balaban J connectivity index is 1.97. The van der Waals surface area contributed by atoms with Gasteiger partial charge in [0.15, 0.2) is 0 Å². The van der Waals surface area contributed by atoms with E-state index < -0.39 is 6.09 Å². The van der Waals surface area contributed by atoms with Crippen molar-refractivity contribution in [1.82, 2.24) is 15.6 Å². The lowest BCUT2D eigenvalue weighted by atomic mass is 10.2. The van der Waals surface area contributed by atoms with Gasteiger partial charge in [0.2, 0.25) is 0 Å². The van der Waals surface area contributed by atoms with E-state index in [1.165, 1.54) is 13.3 Å². The van der Waals surface area contributed by atoms with Crippen LogP contribution >= 0.6 is 11.6 Å². The van der Waals surface area contributed by atoms with Crippen molar-refractivity contribution in [3.8, 4) is 0 Å². The molecule has 0 aliphatic rings. The van der Waals surface area contributed by atoms with Crippen LogP contribution in [0.15, 0.2) is 42.6 Å². The highest BCUT2D eigenvalue weighted by Crippen LogP contribution is 2.14. The van der Waals surface area contributed by atoms with Gasteiger partial charge in [-0.25, -0.2) is 4.79 Å². The highest BCUT2D eigenvalue weighted by Gasteiger charge is 2.08. The van der Waals surface area contributed by atoms with Crippen molar-refractivity contribution >= 4 is 23.6 Å². The first-order chi connectivity index (χ1) is 11.1. The first kappa shape index (κ1) is 16.8. The summed E-state index contributed by atoms with van der Waals surface area (Å²) in [6.45, 7) is 0.509. The zero-order chi connectivity index (χ0) is 16.7. The lowest BCUT2D eigenvalue weighted by Crippen LogP contribution is -2.25. The monoisotopic (exact) mass is 333 g/mol. The van der Waals surface area contributed by atoms with Gasteiger partial charge in [0.1, 0.15) is 0 Å². The molecule has 7 heteroatoms. The Bertz CT molecular complexity index is 706. The lowest BCUT2D eigenvalue weighted by Gasteiger charge is -2.08. The zero-order valence-electron chi connectivity index (χ0n) is 12.5. The summed E-state index contributed by atoms with van der Waals surface area (Å²) in [7, 11) is 1.28. The van der Waals surface area contributed by atoms with E-state index in [1.807, 2.05) is 18.2 Å². The van der Waals surface area contributed by atoms with E-state index in [2.05, 4.69) is 20.4 Å². The molecule has 0 unspecified atom stereocenters. The second kappa shape index (κ2) is 8.14. The summed E-state index contributed by atoms with van der Waals surface area (Å²) < 4.78 is 4.48. The number of hydrogen-bond acceptors (Lipinski definition) is 4. The van der Waals surface area contributed by atoms with Crippen LogP contribution in [0, 0.1) is 0 Å². The summed E-state index contributed by atoms with van der Waals surface area (Å²) in [6.07, 6.45) is 0.957. The molecule has 120 valence electrons. The summed E-state index contributed by atoms with van der Waals surface area (Å²) in [6, 6.07) is 10.5. The molecule has 0 radical (unpaired) electrons. The molecule has 0 atom stereocenters. The summed E-state index contributed by atoms with van der Waals surface area (Å²) in [5, 5.41) is 5.91. The molecule has 0 fully saturated rings. The standard InChI is InChI=1S/C16H16ClN3O3/c1-23-16(22)20-10-13-8-11(6-7-18-13)15(21)19-9-12-4-2-3-5-14(12)17/h2-8H,9-10H2,1H3,(H,19,21)(H,20,22). The van der Waals surface area contributed by atoms with Gasteiger partial charge in [0.05, 0.1) is 19.3 Å². The number of amides is 2. The van der Waals surface area contributed by atoms with Crippen molar-refractivity contribution in [3.05, 3.63) is 64.4 Å². The zero-order valence-corrected chi connectivity index (χ0v) is 13.3. The van der Waals surface area contributed by atoms with Crippen LogP contribution in [-0.2, 0) is 17.8 Å². The highest BCUT2D eigenvalue weighted by molar-refractivity contribution is 6.31. The van der Waals surface area contributed by atoms with Gasteiger partial charge >= 0.3 is 6.09 Å². The third-order valence-corrected chi connectivity index (χ3v) is 3.44. The van der Waals surface area contributed by atoms with Crippen LogP contribution in [0.4, 0.5) is 4.79 Å². The molecule has 1 aromatic heterocycles. The third kappa shape index (κ3) is 4.96. The summed E-state index contributed by atoms with van der Waals surface area (Å²) >= 11 is 6.05. The van der Waals surface area contributed by atoms with E-state index in [4.69, 9.17) is 11.6 Å². The van der Waals surface area contributed by atoms with Gasteiger partial charge in [-0.15, -0.1) is 0 Å². The largest absolute Gasteiger partial charge is 0.453 e. The molecule has 23 heavy (non-hydrogen) atoms. The predicted molar refractivity (Wildman–Crippen MR) is 86.1 cm³/mol. The molecule has 0 saturated heterocycles. The molecule has 0 aliphatic carbocycles. The fourth-order valence-electron chi connectivity index (χ4n) is 1.87. The maximum atomic E-state index is 12.2. The van der Waals surface area contributed by atoms with Gasteiger partial charge < -0.3 is 15.4 Å². The van der Waals surface area contributed by atoms with Gasteiger partial charge in [0.25, 0.3) is 5.91 Å². The number of methoxy groups -OCH3 is 1. The molecule has 0 bridgehead atoms. The smallest absolute Gasteiger partial charge is 0.407 e. The number of aromatic nitrogens is 1. The van der Waals surface area contributed by atoms with E-state index in [0.29, 0.717) is 22.8 Å². The van der Waals surface area contributed by atoms with Crippen molar-refractivity contribution in [3.63, 3.8) is 0 Å². The average Bonchev–Trinajstić information content (AvgIpc) is 2.59. The van der Waals surface area contributed by atoms with Crippen molar-refractivity contribution in [1.29, 1.82) is 0 Å². The second-order valence-electron chi connectivity index (χ2n) is 4.66. The predicted octanol–water partition coefficient (Wildman–Crippen LogP) is 2.52. The van der Waals surface area contributed by atoms with Crippen molar-refractivity contribution in [2.75, 3.05) is 7.11 Å². The first-order valence-electron chi connectivity index (χ1n) is 6.88. The molecule has 2 aromatic rings. The van der Waals surface area contributed by atoms with Gasteiger partial charge in [-0.2, -0.15) is 0 Å². The third-order valence-electron chi connectivity index (χ3n) is 3.08. The Morgan fingerprint density at radius 1 is 1.17 bits per heavy atom. The molecule has 2 amide bonds. The van der Waals surface area contributed by atoms with Gasteiger partial charge in [-0.3, -0.25) is 9.78 Å². The number of carbonyl (C=O) groups is 2. The van der Waals surface area contributed by atoms with E-state index in [0.717, 1.165) is 5.56 Å². The number of rotatable bonds is 5. The molecule has 0 aliphatic heterocycles. The van der Waals surface area contributed by atoms with Gasteiger partial charge in [-0.05, 0) is 23.8 Å². The van der Waals surface area contributed by atoms with E-state index >= 15 is 0 Å². The fraction of sp³-hybridized carbons (Fsp3) is 0.188. The molecule has 0 saturated carbocycles. The lowest BCUT2D eigenvalue weighted by molar-refractivity contribution is 0.0950. The van der Waals surface area contributed by atoms with Crippen LogP contribution in [0.2, 0.25) is 5.02 Å².